The normalized spacial score (nSPS) is 10.2. The third-order valence-corrected chi connectivity index (χ3v) is 2.84. The van der Waals surface area contributed by atoms with Gasteiger partial charge >= 0.3 is 12.0 Å². The Hall–Kier alpha value is -1.60. The van der Waals surface area contributed by atoms with E-state index in [0.29, 0.717) is 13.2 Å². The fourth-order valence-corrected chi connectivity index (χ4v) is 1.88. The molecule has 0 spiro atoms. The summed E-state index contributed by atoms with van der Waals surface area (Å²) in [6, 6.07) is 3.51. The van der Waals surface area contributed by atoms with Gasteiger partial charge in [0.05, 0.1) is 13.2 Å². The van der Waals surface area contributed by atoms with Gasteiger partial charge in [0.15, 0.2) is 0 Å². The molecular weight excluding hydrogens is 254 g/mol. The van der Waals surface area contributed by atoms with E-state index in [9.17, 15) is 9.59 Å². The van der Waals surface area contributed by atoms with Crippen LogP contribution in [0.3, 0.4) is 0 Å². The van der Waals surface area contributed by atoms with Gasteiger partial charge in [-0.3, -0.25) is 10.2 Å². The molecule has 0 aromatic carbocycles. The lowest BCUT2D eigenvalue weighted by Gasteiger charge is -2.17. The van der Waals surface area contributed by atoms with E-state index in [1.165, 1.54) is 5.01 Å². The van der Waals surface area contributed by atoms with Gasteiger partial charge in [-0.2, -0.15) is 0 Å². The first-order valence-electron chi connectivity index (χ1n) is 5.55. The lowest BCUT2D eigenvalue weighted by molar-refractivity contribution is -0.144. The summed E-state index contributed by atoms with van der Waals surface area (Å²) in [5, 5.41) is 6.01. The number of nitrogens with one attached hydrogen (secondary N) is 2. The first-order valence-corrected chi connectivity index (χ1v) is 6.43. The van der Waals surface area contributed by atoms with Gasteiger partial charge in [-0.05, 0) is 18.4 Å². The van der Waals surface area contributed by atoms with Gasteiger partial charge in [-0.25, -0.2) is 9.80 Å². The molecule has 0 fully saturated rings. The fraction of sp³-hybridized carbons (Fsp3) is 0.455. The predicted molar refractivity (Wildman–Crippen MR) is 69.0 cm³/mol. The molecular formula is C11H17N3O3S. The van der Waals surface area contributed by atoms with Crippen molar-refractivity contribution in [2.75, 3.05) is 20.2 Å². The molecule has 100 valence electrons. The van der Waals surface area contributed by atoms with E-state index in [1.54, 1.807) is 25.3 Å². The van der Waals surface area contributed by atoms with Gasteiger partial charge in [-0.15, -0.1) is 11.3 Å². The maximum atomic E-state index is 11.5. The number of ether oxygens (including phenoxy) is 1. The molecule has 1 aromatic heterocycles. The number of nitrogens with zero attached hydrogens (tertiary/aromatic N) is 1. The van der Waals surface area contributed by atoms with Crippen LogP contribution in [0.5, 0.6) is 0 Å². The molecule has 0 atom stereocenters. The monoisotopic (exact) mass is 271 g/mol. The van der Waals surface area contributed by atoms with Crippen molar-refractivity contribution in [3.05, 3.63) is 22.4 Å². The van der Waals surface area contributed by atoms with Crippen molar-refractivity contribution in [2.45, 2.75) is 13.5 Å². The molecule has 1 heterocycles. The van der Waals surface area contributed by atoms with E-state index in [-0.39, 0.29) is 18.5 Å². The molecule has 1 rings (SSSR count). The minimum atomic E-state index is -0.376. The second-order valence-electron chi connectivity index (χ2n) is 3.53. The summed E-state index contributed by atoms with van der Waals surface area (Å²) >= 11 is 1.57. The van der Waals surface area contributed by atoms with E-state index >= 15 is 0 Å². The summed E-state index contributed by atoms with van der Waals surface area (Å²) in [6.07, 6.45) is 0. The number of esters is 1. The van der Waals surface area contributed by atoms with Crippen LogP contribution in [0.15, 0.2) is 17.5 Å². The lowest BCUT2D eigenvalue weighted by Crippen LogP contribution is -2.47. The Morgan fingerprint density at radius 1 is 1.50 bits per heavy atom. The quantitative estimate of drug-likeness (QED) is 0.597. The Morgan fingerprint density at radius 3 is 2.89 bits per heavy atom. The number of hydrazine groups is 1. The molecule has 2 N–H and O–H groups in total. The second-order valence-corrected chi connectivity index (χ2v) is 4.57. The van der Waals surface area contributed by atoms with Crippen molar-refractivity contribution >= 4 is 23.3 Å². The molecule has 6 nitrogen and oxygen atoms in total. The summed E-state index contributed by atoms with van der Waals surface area (Å²) in [7, 11) is 1.60. The third-order valence-electron chi connectivity index (χ3n) is 1.97. The zero-order valence-electron chi connectivity index (χ0n) is 10.4. The van der Waals surface area contributed by atoms with Crippen molar-refractivity contribution in [2.24, 2.45) is 0 Å². The molecule has 0 unspecified atom stereocenters. The molecule has 2 amide bonds. The zero-order valence-corrected chi connectivity index (χ0v) is 11.3. The number of carbonyl (C=O) groups is 2. The summed E-state index contributed by atoms with van der Waals surface area (Å²) in [5.74, 6) is -0.376. The standard InChI is InChI=1S/C11H17N3O3S/c1-3-17-10(15)8-14(2)13-11(16)12-7-9-5-4-6-18-9/h4-6H,3,7-8H2,1-2H3,(H2,12,13,16). The van der Waals surface area contributed by atoms with Gasteiger partial charge in [0.25, 0.3) is 0 Å². The van der Waals surface area contributed by atoms with Gasteiger partial charge in [0.1, 0.15) is 6.54 Å². The topological polar surface area (TPSA) is 70.7 Å². The molecule has 1 aromatic rings. The minimum Gasteiger partial charge on any atom is -0.465 e. The smallest absolute Gasteiger partial charge is 0.329 e. The Bertz CT molecular complexity index is 381. The number of amides is 2. The number of carbonyl (C=O) groups excluding carboxylic acids is 2. The Balaban J connectivity index is 2.20. The van der Waals surface area contributed by atoms with E-state index in [2.05, 4.69) is 10.7 Å². The molecule has 18 heavy (non-hydrogen) atoms. The number of thiophene rings is 1. The summed E-state index contributed by atoms with van der Waals surface area (Å²) in [6.45, 7) is 2.55. The average Bonchev–Trinajstić information content (AvgIpc) is 2.79. The third kappa shape index (κ3) is 5.65. The molecule has 7 heteroatoms. The first kappa shape index (κ1) is 14.5. The van der Waals surface area contributed by atoms with Crippen LogP contribution in [0.4, 0.5) is 4.79 Å². The van der Waals surface area contributed by atoms with Crippen LogP contribution in [0.2, 0.25) is 0 Å². The van der Waals surface area contributed by atoms with E-state index in [0.717, 1.165) is 4.88 Å². The highest BCUT2D eigenvalue weighted by molar-refractivity contribution is 7.09. The highest BCUT2D eigenvalue weighted by Crippen LogP contribution is 2.06. The highest BCUT2D eigenvalue weighted by Gasteiger charge is 2.09. The Labute approximate surface area is 110 Å². The molecule has 0 saturated heterocycles. The van der Waals surface area contributed by atoms with Gasteiger partial charge in [0, 0.05) is 11.9 Å². The molecule has 0 aliphatic heterocycles. The Morgan fingerprint density at radius 2 is 2.28 bits per heavy atom. The summed E-state index contributed by atoms with van der Waals surface area (Å²) < 4.78 is 4.76. The zero-order chi connectivity index (χ0) is 13.4. The van der Waals surface area contributed by atoms with Gasteiger partial charge < -0.3 is 10.1 Å². The van der Waals surface area contributed by atoms with Crippen LogP contribution < -0.4 is 10.7 Å². The Kier molecular flexibility index (Phi) is 6.16. The predicted octanol–water partition coefficient (Wildman–Crippen LogP) is 0.957. The number of rotatable bonds is 6. The summed E-state index contributed by atoms with van der Waals surface area (Å²) in [5.41, 5.74) is 2.52. The van der Waals surface area contributed by atoms with Crippen molar-refractivity contribution in [3.63, 3.8) is 0 Å². The molecule has 0 aliphatic carbocycles. The first-order chi connectivity index (χ1) is 8.61. The summed E-state index contributed by atoms with van der Waals surface area (Å²) in [4.78, 5) is 23.7. The number of hydrogen-bond acceptors (Lipinski definition) is 5. The molecule has 0 radical (unpaired) electrons. The van der Waals surface area contributed by atoms with Crippen LogP contribution >= 0.6 is 11.3 Å². The largest absolute Gasteiger partial charge is 0.465 e. The van der Waals surface area contributed by atoms with Crippen LogP contribution in [0, 0.1) is 0 Å². The van der Waals surface area contributed by atoms with Gasteiger partial charge in [0.2, 0.25) is 0 Å². The molecule has 0 bridgehead atoms. The molecule has 0 saturated carbocycles. The van der Waals surface area contributed by atoms with Crippen molar-refractivity contribution in [1.82, 2.24) is 15.8 Å². The number of hydrogen-bond donors (Lipinski definition) is 2. The van der Waals surface area contributed by atoms with Gasteiger partial charge in [-0.1, -0.05) is 6.07 Å². The van der Waals surface area contributed by atoms with Crippen LogP contribution in [0.25, 0.3) is 0 Å². The van der Waals surface area contributed by atoms with Crippen LogP contribution in [-0.4, -0.2) is 37.2 Å². The van der Waals surface area contributed by atoms with Crippen molar-refractivity contribution in [3.8, 4) is 0 Å². The van der Waals surface area contributed by atoms with E-state index in [4.69, 9.17) is 4.74 Å². The lowest BCUT2D eigenvalue weighted by atomic mass is 10.5. The van der Waals surface area contributed by atoms with Crippen LogP contribution in [-0.2, 0) is 16.1 Å². The minimum absolute atomic E-state index is 0.0141. The van der Waals surface area contributed by atoms with Crippen molar-refractivity contribution in [1.29, 1.82) is 0 Å². The second kappa shape index (κ2) is 7.67. The SMILES string of the molecule is CCOC(=O)CN(C)NC(=O)NCc1cccs1. The van der Waals surface area contributed by atoms with Crippen molar-refractivity contribution < 1.29 is 14.3 Å². The number of urea groups is 1. The molecule has 0 aliphatic rings. The fourth-order valence-electron chi connectivity index (χ4n) is 1.23. The maximum Gasteiger partial charge on any atom is 0.329 e. The highest BCUT2D eigenvalue weighted by atomic mass is 32.1. The maximum absolute atomic E-state index is 11.5. The van der Waals surface area contributed by atoms with Crippen LogP contribution in [0.1, 0.15) is 11.8 Å². The number of likely N-dealkylation sites (N-methyl/N-ethyl adjacent to an activating group) is 1. The average molecular weight is 271 g/mol. The van der Waals surface area contributed by atoms with E-state index in [1.807, 2.05) is 17.5 Å². The van der Waals surface area contributed by atoms with E-state index < -0.39 is 0 Å².